The van der Waals surface area contributed by atoms with Crippen LogP contribution in [0, 0.1) is 0 Å². The van der Waals surface area contributed by atoms with Crippen LogP contribution in [0.1, 0.15) is 20.8 Å². The summed E-state index contributed by atoms with van der Waals surface area (Å²) in [7, 11) is 2.49. The van der Waals surface area contributed by atoms with Crippen LogP contribution in [0.4, 0.5) is 4.79 Å². The van der Waals surface area contributed by atoms with Gasteiger partial charge in [0.1, 0.15) is 17.0 Å². The number of nitrogens with one attached hydrogen (secondary N) is 3. The number of hydrazine groups is 1. The Labute approximate surface area is 163 Å². The molecule has 0 aromatic rings. The molecule has 0 aromatic heterocycles. The molecular weight excluding hydrogens is 376 g/mol. The first-order valence-electron chi connectivity index (χ1n) is 7.49. The van der Waals surface area contributed by atoms with Crippen LogP contribution in [0.25, 0.3) is 0 Å². The molecule has 0 saturated heterocycles. The molecule has 0 bridgehead atoms. The van der Waals surface area contributed by atoms with Crippen molar-refractivity contribution >= 4 is 36.5 Å². The van der Waals surface area contributed by atoms with Crippen LogP contribution in [0.15, 0.2) is 35.7 Å². The second kappa shape index (κ2) is 10.3. The van der Waals surface area contributed by atoms with E-state index < -0.39 is 29.5 Å². The lowest BCUT2D eigenvalue weighted by Crippen LogP contribution is -2.46. The SMILES string of the molecule is C=C(NC(=O)/C(=C/S)N(C)NC(=O)OC(C)(C)C)C(=O)NC(=C)C(=O)OC. The number of hydrogen-bond acceptors (Lipinski definition) is 8. The second-order valence-corrected chi connectivity index (χ2v) is 6.30. The summed E-state index contributed by atoms with van der Waals surface area (Å²) < 4.78 is 9.45. The molecule has 3 amide bonds. The highest BCUT2D eigenvalue weighted by Gasteiger charge is 2.22. The van der Waals surface area contributed by atoms with Crippen molar-refractivity contribution < 1.29 is 28.7 Å². The number of methoxy groups -OCH3 is 1. The fourth-order valence-electron chi connectivity index (χ4n) is 1.44. The summed E-state index contributed by atoms with van der Waals surface area (Å²) in [4.78, 5) is 47.1. The number of amides is 3. The molecule has 27 heavy (non-hydrogen) atoms. The van der Waals surface area contributed by atoms with E-state index in [1.54, 1.807) is 20.8 Å². The molecule has 0 unspecified atom stereocenters. The van der Waals surface area contributed by atoms with Crippen LogP contribution in [-0.4, -0.2) is 48.6 Å². The van der Waals surface area contributed by atoms with E-state index >= 15 is 0 Å². The molecule has 0 atom stereocenters. The minimum absolute atomic E-state index is 0.120. The third-order valence-corrected chi connectivity index (χ3v) is 2.85. The third kappa shape index (κ3) is 8.81. The quantitative estimate of drug-likeness (QED) is 0.213. The number of nitrogens with zero attached hydrogens (tertiary/aromatic N) is 1. The second-order valence-electron chi connectivity index (χ2n) is 6.04. The molecule has 3 N–H and O–H groups in total. The third-order valence-electron chi connectivity index (χ3n) is 2.61. The topological polar surface area (TPSA) is 126 Å². The van der Waals surface area contributed by atoms with Gasteiger partial charge in [0.2, 0.25) is 0 Å². The van der Waals surface area contributed by atoms with Crippen molar-refractivity contribution in [3.8, 4) is 0 Å². The van der Waals surface area contributed by atoms with Crippen molar-refractivity contribution in [1.82, 2.24) is 21.1 Å². The van der Waals surface area contributed by atoms with Crippen LogP contribution in [0.3, 0.4) is 0 Å². The number of carbonyl (C=O) groups is 4. The lowest BCUT2D eigenvalue weighted by molar-refractivity contribution is -0.137. The Hall–Kier alpha value is -2.95. The molecule has 150 valence electrons. The van der Waals surface area contributed by atoms with Crippen molar-refractivity contribution in [3.05, 3.63) is 35.7 Å². The van der Waals surface area contributed by atoms with Gasteiger partial charge in [0.05, 0.1) is 12.8 Å². The van der Waals surface area contributed by atoms with E-state index in [9.17, 15) is 19.2 Å². The van der Waals surface area contributed by atoms with Gasteiger partial charge in [-0.15, -0.1) is 12.6 Å². The lowest BCUT2D eigenvalue weighted by Gasteiger charge is -2.25. The van der Waals surface area contributed by atoms with Crippen molar-refractivity contribution in [3.63, 3.8) is 0 Å². The summed E-state index contributed by atoms with van der Waals surface area (Å²) in [5.41, 5.74) is 0.765. The van der Waals surface area contributed by atoms with Gasteiger partial charge in [0.25, 0.3) is 11.8 Å². The average molecular weight is 400 g/mol. The summed E-state index contributed by atoms with van der Waals surface area (Å²) in [6, 6.07) is 0. The maximum atomic E-state index is 12.3. The fraction of sp³-hybridized carbons (Fsp3) is 0.375. The van der Waals surface area contributed by atoms with Gasteiger partial charge in [-0.1, -0.05) is 13.2 Å². The highest BCUT2D eigenvalue weighted by atomic mass is 32.1. The predicted molar refractivity (Wildman–Crippen MR) is 101 cm³/mol. The van der Waals surface area contributed by atoms with E-state index in [1.165, 1.54) is 7.05 Å². The Bertz CT molecular complexity index is 681. The van der Waals surface area contributed by atoms with E-state index in [0.29, 0.717) is 0 Å². The zero-order chi connectivity index (χ0) is 21.4. The molecule has 0 aromatic carbocycles. The largest absolute Gasteiger partial charge is 0.464 e. The molecule has 0 aliphatic rings. The summed E-state index contributed by atoms with van der Waals surface area (Å²) in [5, 5.41) is 6.47. The Morgan fingerprint density at radius 3 is 2.00 bits per heavy atom. The lowest BCUT2D eigenvalue weighted by atomic mass is 10.2. The van der Waals surface area contributed by atoms with Crippen LogP contribution in [0.5, 0.6) is 0 Å². The van der Waals surface area contributed by atoms with E-state index in [0.717, 1.165) is 17.5 Å². The standard InChI is InChI=1S/C16H24N4O6S/c1-9(12(21)18-10(2)14(23)25-7)17-13(22)11(8-27)20(6)19-15(24)26-16(3,4)5/h8,27H,1-2H2,3-7H3,(H,17,22)(H,18,21)(H,19,24)/b11-8-. The highest BCUT2D eigenvalue weighted by molar-refractivity contribution is 7.83. The molecule has 10 nitrogen and oxygen atoms in total. The van der Waals surface area contributed by atoms with Gasteiger partial charge >= 0.3 is 12.1 Å². The summed E-state index contributed by atoms with van der Waals surface area (Å²) in [5.74, 6) is -2.52. The smallest absolute Gasteiger partial charge is 0.426 e. The Morgan fingerprint density at radius 1 is 1.04 bits per heavy atom. The van der Waals surface area contributed by atoms with Crippen molar-refractivity contribution in [1.29, 1.82) is 0 Å². The molecular formula is C16H24N4O6S. The number of hydrogen-bond donors (Lipinski definition) is 4. The van der Waals surface area contributed by atoms with Crippen molar-refractivity contribution in [2.75, 3.05) is 14.2 Å². The molecule has 0 aliphatic carbocycles. The minimum Gasteiger partial charge on any atom is -0.464 e. The molecule has 0 radical (unpaired) electrons. The molecule has 0 fully saturated rings. The highest BCUT2D eigenvalue weighted by Crippen LogP contribution is 2.08. The molecule has 0 heterocycles. The molecule has 0 rings (SSSR count). The van der Waals surface area contributed by atoms with E-state index in [1.807, 2.05) is 0 Å². The summed E-state index contributed by atoms with van der Waals surface area (Å²) in [6.07, 6.45) is -0.795. The van der Waals surface area contributed by atoms with Gasteiger partial charge in [-0.05, 0) is 26.2 Å². The van der Waals surface area contributed by atoms with Crippen molar-refractivity contribution in [2.45, 2.75) is 26.4 Å². The Balaban J connectivity index is 4.87. The van der Waals surface area contributed by atoms with Crippen LogP contribution >= 0.6 is 12.6 Å². The monoisotopic (exact) mass is 400 g/mol. The number of carbonyl (C=O) groups excluding carboxylic acids is 4. The van der Waals surface area contributed by atoms with Gasteiger partial charge in [-0.3, -0.25) is 14.6 Å². The maximum Gasteiger partial charge on any atom is 0.426 e. The number of likely N-dealkylation sites (N-methyl/N-ethyl adjacent to an activating group) is 1. The van der Waals surface area contributed by atoms with Gasteiger partial charge in [-0.2, -0.15) is 0 Å². The normalized spacial score (nSPS) is 11.0. The first-order valence-corrected chi connectivity index (χ1v) is 8.00. The van der Waals surface area contributed by atoms with Gasteiger partial charge in [-0.25, -0.2) is 15.0 Å². The average Bonchev–Trinajstić information content (AvgIpc) is 2.52. The predicted octanol–water partition coefficient (Wildman–Crippen LogP) is 0.562. The van der Waals surface area contributed by atoms with E-state index in [2.05, 4.69) is 46.6 Å². The van der Waals surface area contributed by atoms with Crippen LogP contribution < -0.4 is 16.1 Å². The van der Waals surface area contributed by atoms with Gasteiger partial charge in [0, 0.05) is 7.05 Å². The van der Waals surface area contributed by atoms with Crippen molar-refractivity contribution in [2.24, 2.45) is 0 Å². The minimum atomic E-state index is -0.875. The molecule has 11 heteroatoms. The Kier molecular flexibility index (Phi) is 9.14. The molecule has 0 saturated carbocycles. The number of esters is 1. The Morgan fingerprint density at radius 2 is 1.56 bits per heavy atom. The fourth-order valence-corrected chi connectivity index (χ4v) is 1.73. The molecule has 0 spiro atoms. The number of thiol groups is 1. The first kappa shape index (κ1) is 24.1. The zero-order valence-corrected chi connectivity index (χ0v) is 16.7. The van der Waals surface area contributed by atoms with Gasteiger partial charge < -0.3 is 20.1 Å². The van der Waals surface area contributed by atoms with Crippen LogP contribution in [-0.2, 0) is 23.9 Å². The van der Waals surface area contributed by atoms with Crippen LogP contribution in [0.2, 0.25) is 0 Å². The maximum absolute atomic E-state index is 12.3. The van der Waals surface area contributed by atoms with E-state index in [-0.39, 0.29) is 17.1 Å². The number of rotatable bonds is 7. The summed E-state index contributed by atoms with van der Waals surface area (Å²) >= 11 is 3.91. The summed E-state index contributed by atoms with van der Waals surface area (Å²) in [6.45, 7) is 11.8. The zero-order valence-electron chi connectivity index (χ0n) is 15.8. The first-order chi connectivity index (χ1) is 12.3. The van der Waals surface area contributed by atoms with Gasteiger partial charge in [0.15, 0.2) is 0 Å². The van der Waals surface area contributed by atoms with E-state index in [4.69, 9.17) is 4.74 Å². The number of ether oxygens (including phenoxy) is 2. The molecule has 0 aliphatic heterocycles.